The lowest BCUT2D eigenvalue weighted by Crippen LogP contribution is -2.13. The maximum absolute atomic E-state index is 14.1. The van der Waals surface area contributed by atoms with Crippen molar-refractivity contribution in [2.45, 2.75) is 0 Å². The number of rotatable bonds is 4. The molecule has 4 rings (SSSR count). The highest BCUT2D eigenvalue weighted by Crippen LogP contribution is 2.23. The first kappa shape index (κ1) is 16.7. The van der Waals surface area contributed by atoms with Gasteiger partial charge >= 0.3 is 0 Å². The highest BCUT2D eigenvalue weighted by Gasteiger charge is 2.17. The smallest absolute Gasteiger partial charge is 0.259 e. The number of methoxy groups -OCH3 is 1. The largest absolute Gasteiger partial charge is 0.497 e. The van der Waals surface area contributed by atoms with E-state index in [1.54, 1.807) is 72.3 Å². The molecule has 0 saturated carbocycles. The Morgan fingerprint density at radius 2 is 1.81 bits per heavy atom. The van der Waals surface area contributed by atoms with E-state index in [0.717, 1.165) is 0 Å². The lowest BCUT2D eigenvalue weighted by Gasteiger charge is -2.07. The average Bonchev–Trinajstić information content (AvgIpc) is 3.13. The minimum absolute atomic E-state index is 0.317. The van der Waals surface area contributed by atoms with Crippen molar-refractivity contribution < 1.29 is 13.9 Å². The third-order valence-electron chi connectivity index (χ3n) is 4.14. The van der Waals surface area contributed by atoms with Crippen molar-refractivity contribution in [3.05, 3.63) is 78.2 Å². The molecule has 0 aliphatic carbocycles. The molecular weight excluding hydrogens is 347 g/mol. The quantitative estimate of drug-likeness (QED) is 0.600. The third kappa shape index (κ3) is 3.10. The van der Waals surface area contributed by atoms with Gasteiger partial charge in [0.25, 0.3) is 5.91 Å². The van der Waals surface area contributed by atoms with E-state index in [1.165, 1.54) is 6.07 Å². The normalized spacial score (nSPS) is 10.7. The molecular formula is C20H15FN4O2. The second-order valence-corrected chi connectivity index (χ2v) is 5.80. The lowest BCUT2D eigenvalue weighted by molar-refractivity contribution is 0.102. The topological polar surface area (TPSA) is 68.5 Å². The maximum atomic E-state index is 14.1. The number of benzene rings is 2. The fraction of sp³-hybridized carbons (Fsp3) is 0.0500. The standard InChI is InChI=1S/C20H15FN4O2/c1-27-14-10-8-13(9-11-14)22-20(26)16-6-4-12-25-18(23-24-19(16)25)15-5-2-3-7-17(15)21/h2-12H,1H3,(H,22,26). The van der Waals surface area contributed by atoms with Crippen LogP contribution in [0.4, 0.5) is 10.1 Å². The molecule has 0 radical (unpaired) electrons. The van der Waals surface area contributed by atoms with Gasteiger partial charge in [-0.25, -0.2) is 4.39 Å². The molecule has 2 aromatic carbocycles. The van der Waals surface area contributed by atoms with Crippen molar-refractivity contribution in [3.63, 3.8) is 0 Å². The molecule has 6 nitrogen and oxygen atoms in total. The zero-order valence-corrected chi connectivity index (χ0v) is 14.4. The van der Waals surface area contributed by atoms with Crippen LogP contribution in [-0.4, -0.2) is 27.6 Å². The summed E-state index contributed by atoms with van der Waals surface area (Å²) in [5, 5.41) is 11.0. The number of nitrogens with zero attached hydrogens (tertiary/aromatic N) is 3. The molecule has 0 aliphatic heterocycles. The molecule has 0 saturated heterocycles. The summed E-state index contributed by atoms with van der Waals surface area (Å²) in [6.45, 7) is 0. The van der Waals surface area contributed by atoms with Crippen LogP contribution in [0.3, 0.4) is 0 Å². The van der Waals surface area contributed by atoms with Crippen molar-refractivity contribution in [1.82, 2.24) is 14.6 Å². The van der Waals surface area contributed by atoms with Crippen molar-refractivity contribution in [2.75, 3.05) is 12.4 Å². The van der Waals surface area contributed by atoms with Gasteiger partial charge in [0.05, 0.1) is 18.2 Å². The number of hydrogen-bond acceptors (Lipinski definition) is 4. The molecule has 1 N–H and O–H groups in total. The van der Waals surface area contributed by atoms with E-state index in [9.17, 15) is 9.18 Å². The van der Waals surface area contributed by atoms with Crippen molar-refractivity contribution in [2.24, 2.45) is 0 Å². The van der Waals surface area contributed by atoms with E-state index in [0.29, 0.717) is 34.0 Å². The van der Waals surface area contributed by atoms with Gasteiger partial charge in [-0.05, 0) is 48.5 Å². The Labute approximate surface area is 154 Å². The molecule has 0 aliphatic rings. The van der Waals surface area contributed by atoms with Crippen LogP contribution in [0, 0.1) is 5.82 Å². The summed E-state index contributed by atoms with van der Waals surface area (Å²) >= 11 is 0. The predicted molar refractivity (Wildman–Crippen MR) is 99.3 cm³/mol. The number of carbonyl (C=O) groups is 1. The monoisotopic (exact) mass is 362 g/mol. The Balaban J connectivity index is 1.70. The molecule has 7 heteroatoms. The Morgan fingerprint density at radius 1 is 1.04 bits per heavy atom. The number of amides is 1. The van der Waals surface area contributed by atoms with Gasteiger partial charge in [-0.15, -0.1) is 10.2 Å². The van der Waals surface area contributed by atoms with Crippen molar-refractivity contribution >= 4 is 17.2 Å². The van der Waals surface area contributed by atoms with Crippen LogP contribution >= 0.6 is 0 Å². The average molecular weight is 362 g/mol. The summed E-state index contributed by atoms with van der Waals surface area (Å²) in [5.74, 6) is 0.294. The van der Waals surface area contributed by atoms with Gasteiger partial charge in [-0.1, -0.05) is 12.1 Å². The summed E-state index contributed by atoms with van der Waals surface area (Å²) in [6, 6.07) is 16.6. The molecule has 134 valence electrons. The predicted octanol–water partition coefficient (Wildman–Crippen LogP) is 3.80. The van der Waals surface area contributed by atoms with Gasteiger partial charge in [0.1, 0.15) is 11.6 Å². The van der Waals surface area contributed by atoms with Crippen LogP contribution in [-0.2, 0) is 0 Å². The SMILES string of the molecule is COc1ccc(NC(=O)c2cccn3c(-c4ccccc4F)nnc23)cc1. The van der Waals surface area contributed by atoms with Crippen LogP contribution in [0.1, 0.15) is 10.4 Å². The van der Waals surface area contributed by atoms with Crippen molar-refractivity contribution in [1.29, 1.82) is 0 Å². The van der Waals surface area contributed by atoms with Crippen molar-refractivity contribution in [3.8, 4) is 17.1 Å². The van der Waals surface area contributed by atoms with Gasteiger partial charge in [-0.2, -0.15) is 0 Å². The number of anilines is 1. The van der Waals surface area contributed by atoms with Crippen LogP contribution < -0.4 is 10.1 Å². The highest BCUT2D eigenvalue weighted by molar-refractivity contribution is 6.08. The lowest BCUT2D eigenvalue weighted by atomic mass is 10.2. The maximum Gasteiger partial charge on any atom is 0.259 e. The molecule has 0 unspecified atom stereocenters. The Morgan fingerprint density at radius 3 is 2.56 bits per heavy atom. The van der Waals surface area contributed by atoms with E-state index >= 15 is 0 Å². The number of pyridine rings is 1. The minimum atomic E-state index is -0.403. The van der Waals surface area contributed by atoms with E-state index in [1.807, 2.05) is 0 Å². The van der Waals surface area contributed by atoms with Gasteiger partial charge < -0.3 is 10.1 Å². The van der Waals surface area contributed by atoms with Crippen LogP contribution in [0.5, 0.6) is 5.75 Å². The number of nitrogens with one attached hydrogen (secondary N) is 1. The molecule has 2 heterocycles. The molecule has 1 amide bonds. The van der Waals surface area contributed by atoms with E-state index in [2.05, 4.69) is 15.5 Å². The van der Waals surface area contributed by atoms with Gasteiger partial charge in [0.15, 0.2) is 11.5 Å². The number of halogens is 1. The number of aromatic nitrogens is 3. The number of fused-ring (bicyclic) bond motifs is 1. The molecule has 0 bridgehead atoms. The molecule has 4 aromatic rings. The van der Waals surface area contributed by atoms with Gasteiger partial charge in [0, 0.05) is 11.9 Å². The summed E-state index contributed by atoms with van der Waals surface area (Å²) in [7, 11) is 1.58. The first-order valence-corrected chi connectivity index (χ1v) is 8.21. The number of carbonyl (C=O) groups excluding carboxylic acids is 1. The highest BCUT2D eigenvalue weighted by atomic mass is 19.1. The van der Waals surface area contributed by atoms with E-state index in [-0.39, 0.29) is 5.91 Å². The first-order chi connectivity index (χ1) is 13.2. The molecule has 0 atom stereocenters. The molecule has 27 heavy (non-hydrogen) atoms. The first-order valence-electron chi connectivity index (χ1n) is 8.21. The summed E-state index contributed by atoms with van der Waals surface area (Å²) in [5.41, 5.74) is 1.62. The Kier molecular flexibility index (Phi) is 4.25. The zero-order chi connectivity index (χ0) is 18.8. The second kappa shape index (κ2) is 6.87. The minimum Gasteiger partial charge on any atom is -0.497 e. The Hall–Kier alpha value is -3.74. The summed E-state index contributed by atoms with van der Waals surface area (Å²) in [6.07, 6.45) is 1.70. The Bertz CT molecular complexity index is 1120. The van der Waals surface area contributed by atoms with Crippen LogP contribution in [0.25, 0.3) is 17.0 Å². The molecule has 0 spiro atoms. The van der Waals surface area contributed by atoms with Crippen LogP contribution in [0.15, 0.2) is 66.9 Å². The number of hydrogen-bond donors (Lipinski definition) is 1. The van der Waals surface area contributed by atoms with Gasteiger partial charge in [0.2, 0.25) is 0 Å². The summed E-state index contributed by atoms with van der Waals surface area (Å²) < 4.78 is 20.8. The summed E-state index contributed by atoms with van der Waals surface area (Å²) in [4.78, 5) is 12.7. The second-order valence-electron chi connectivity index (χ2n) is 5.80. The molecule has 0 fully saturated rings. The van der Waals surface area contributed by atoms with Gasteiger partial charge in [-0.3, -0.25) is 9.20 Å². The zero-order valence-electron chi connectivity index (χ0n) is 14.4. The van der Waals surface area contributed by atoms with E-state index < -0.39 is 5.82 Å². The fourth-order valence-corrected chi connectivity index (χ4v) is 2.79. The van der Waals surface area contributed by atoms with E-state index in [4.69, 9.17) is 4.74 Å². The third-order valence-corrected chi connectivity index (χ3v) is 4.14. The fourth-order valence-electron chi connectivity index (χ4n) is 2.79. The number of ether oxygens (including phenoxy) is 1. The van der Waals surface area contributed by atoms with Crippen LogP contribution in [0.2, 0.25) is 0 Å². The molecule has 2 aromatic heterocycles.